The minimum atomic E-state index is -4.22. The summed E-state index contributed by atoms with van der Waals surface area (Å²) in [6.07, 6.45) is 3.72. The van der Waals surface area contributed by atoms with Gasteiger partial charge in [-0.2, -0.15) is 5.10 Å². The van der Waals surface area contributed by atoms with Crippen molar-refractivity contribution in [2.75, 3.05) is 19.8 Å². The molecule has 0 saturated heterocycles. The fourth-order valence-electron chi connectivity index (χ4n) is 4.90. The number of fused-ring (bicyclic) bond motifs is 3. The molecule has 2 amide bonds. The summed E-state index contributed by atoms with van der Waals surface area (Å²) < 4.78 is 55.4. The molecule has 1 aromatic heterocycles. The lowest BCUT2D eigenvalue weighted by atomic mass is 9.92. The maximum absolute atomic E-state index is 15.5. The van der Waals surface area contributed by atoms with E-state index in [4.69, 9.17) is 9.47 Å². The van der Waals surface area contributed by atoms with E-state index >= 15 is 4.39 Å². The Bertz CT molecular complexity index is 1730. The van der Waals surface area contributed by atoms with Gasteiger partial charge in [0.25, 0.3) is 10.0 Å². The topological polar surface area (TPSA) is 112 Å². The summed E-state index contributed by atoms with van der Waals surface area (Å²) in [4.78, 5) is 12.3. The number of amides is 2. The van der Waals surface area contributed by atoms with Crippen molar-refractivity contribution >= 4 is 32.4 Å². The van der Waals surface area contributed by atoms with Gasteiger partial charge < -0.3 is 14.8 Å². The number of carbonyl (C=O) groups is 1. The van der Waals surface area contributed by atoms with Crippen LogP contribution in [0.15, 0.2) is 77.6 Å². The highest BCUT2D eigenvalue weighted by Gasteiger charge is 2.25. The number of aromatic nitrogens is 2. The van der Waals surface area contributed by atoms with E-state index < -0.39 is 28.4 Å². The molecule has 0 bridgehead atoms. The number of hydrogen-bond donors (Lipinski definition) is 2. The molecule has 6 rings (SSSR count). The highest BCUT2D eigenvalue weighted by molar-refractivity contribution is 7.90. The van der Waals surface area contributed by atoms with Crippen molar-refractivity contribution in [2.45, 2.75) is 24.2 Å². The van der Waals surface area contributed by atoms with Gasteiger partial charge in [0.05, 0.1) is 29.0 Å². The van der Waals surface area contributed by atoms with E-state index in [1.807, 2.05) is 47.2 Å². The number of nitrogens with one attached hydrogen (secondary N) is 2. The Morgan fingerprint density at radius 2 is 1.77 bits per heavy atom. The minimum Gasteiger partial charge on any atom is -0.486 e. The third kappa shape index (κ3) is 4.92. The summed E-state index contributed by atoms with van der Waals surface area (Å²) in [6.45, 7) is 0.186. The summed E-state index contributed by atoms with van der Waals surface area (Å²) in [5, 5.41) is 8.99. The van der Waals surface area contributed by atoms with Crippen LogP contribution in [-0.4, -0.2) is 44.0 Å². The highest BCUT2D eigenvalue weighted by Crippen LogP contribution is 2.35. The molecule has 39 heavy (non-hydrogen) atoms. The highest BCUT2D eigenvalue weighted by atomic mass is 32.2. The van der Waals surface area contributed by atoms with E-state index in [2.05, 4.69) is 10.4 Å². The predicted octanol–water partition coefficient (Wildman–Crippen LogP) is 4.50. The minimum absolute atomic E-state index is 0.170. The molecule has 4 aromatic rings. The first-order valence-electron chi connectivity index (χ1n) is 12.5. The molecule has 1 aliphatic carbocycles. The molecular weight excluding hydrogens is 523 g/mol. The first-order valence-corrected chi connectivity index (χ1v) is 14.0. The molecule has 1 aliphatic heterocycles. The Balaban J connectivity index is 1.20. The lowest BCUT2D eigenvalue weighted by Crippen LogP contribution is -2.40. The maximum atomic E-state index is 15.5. The SMILES string of the molecule is O=C(NC/C(F)=C1\CCCc2cnn(-c3ccc4ccccc4c3)c21)NS(=O)(=O)c1ccc2c(c1)OCCO2. The number of carbonyl (C=O) groups excluding carboxylic acids is 1. The van der Waals surface area contributed by atoms with Crippen molar-refractivity contribution in [2.24, 2.45) is 0 Å². The number of nitrogens with zero attached hydrogens (tertiary/aromatic N) is 2. The summed E-state index contributed by atoms with van der Waals surface area (Å²) >= 11 is 0. The van der Waals surface area contributed by atoms with Crippen LogP contribution in [0.3, 0.4) is 0 Å². The number of sulfonamides is 1. The van der Waals surface area contributed by atoms with Crippen LogP contribution in [0.4, 0.5) is 9.18 Å². The molecule has 0 saturated carbocycles. The summed E-state index contributed by atoms with van der Waals surface area (Å²) in [5.74, 6) is 0.148. The summed E-state index contributed by atoms with van der Waals surface area (Å²) in [6, 6.07) is 16.9. The van der Waals surface area contributed by atoms with Crippen LogP contribution in [0.25, 0.3) is 22.0 Å². The van der Waals surface area contributed by atoms with Gasteiger partial charge in [-0.15, -0.1) is 0 Å². The Morgan fingerprint density at radius 3 is 2.62 bits per heavy atom. The number of allylic oxidation sites excluding steroid dienone is 1. The standard InChI is InChI=1S/C28H25FN4O5S/c29-24(17-30-28(34)32-39(35,36)22-10-11-25-26(15-22)38-13-12-37-25)23-7-3-6-20-16-31-33(27(20)23)21-9-8-18-4-1-2-5-19(18)14-21/h1-2,4-5,8-11,14-16H,3,6-7,12-13,17H2,(H2,30,32,34)/b24-23-. The smallest absolute Gasteiger partial charge is 0.329 e. The Hall–Kier alpha value is -4.38. The quantitative estimate of drug-likeness (QED) is 0.380. The van der Waals surface area contributed by atoms with Gasteiger partial charge in [0.15, 0.2) is 11.5 Å². The van der Waals surface area contributed by atoms with Gasteiger partial charge in [-0.25, -0.2) is 27.0 Å². The molecule has 3 aromatic carbocycles. The second kappa shape index (κ2) is 10.1. The van der Waals surface area contributed by atoms with Crippen molar-refractivity contribution in [1.29, 1.82) is 0 Å². The van der Waals surface area contributed by atoms with Crippen LogP contribution in [-0.2, 0) is 16.4 Å². The van der Waals surface area contributed by atoms with Crippen LogP contribution in [0, 0.1) is 0 Å². The van der Waals surface area contributed by atoms with Crippen LogP contribution in [0.1, 0.15) is 24.1 Å². The third-order valence-electron chi connectivity index (χ3n) is 6.76. The fraction of sp³-hybridized carbons (Fsp3) is 0.214. The van der Waals surface area contributed by atoms with Crippen LogP contribution in [0.2, 0.25) is 0 Å². The second-order valence-corrected chi connectivity index (χ2v) is 11.0. The van der Waals surface area contributed by atoms with Crippen molar-refractivity contribution in [3.05, 3.63) is 83.9 Å². The lowest BCUT2D eigenvalue weighted by molar-refractivity contribution is 0.171. The molecule has 0 fully saturated rings. The molecule has 2 N–H and O–H groups in total. The van der Waals surface area contributed by atoms with Gasteiger partial charge in [-0.3, -0.25) is 0 Å². The van der Waals surface area contributed by atoms with Crippen LogP contribution in [0.5, 0.6) is 11.5 Å². The van der Waals surface area contributed by atoms with Crippen molar-refractivity contribution in [3.8, 4) is 17.2 Å². The normalized spacial score (nSPS) is 15.9. The summed E-state index contributed by atoms with van der Waals surface area (Å²) in [7, 11) is -4.22. The van der Waals surface area contributed by atoms with Crippen LogP contribution >= 0.6 is 0 Å². The van der Waals surface area contributed by atoms with Gasteiger partial charge in [-0.05, 0) is 59.9 Å². The van der Waals surface area contributed by atoms with Crippen molar-refractivity contribution in [3.63, 3.8) is 0 Å². The van der Waals surface area contributed by atoms with Gasteiger partial charge in [0.2, 0.25) is 0 Å². The number of halogens is 1. The third-order valence-corrected chi connectivity index (χ3v) is 8.09. The molecule has 2 heterocycles. The fourth-order valence-corrected chi connectivity index (χ4v) is 5.85. The van der Waals surface area contributed by atoms with Crippen LogP contribution < -0.4 is 19.5 Å². The molecule has 0 radical (unpaired) electrons. The van der Waals surface area contributed by atoms with Gasteiger partial charge in [-0.1, -0.05) is 30.3 Å². The number of benzene rings is 3. The number of aryl methyl sites for hydroxylation is 1. The largest absolute Gasteiger partial charge is 0.486 e. The van der Waals surface area contributed by atoms with Gasteiger partial charge in [0, 0.05) is 11.6 Å². The molecule has 0 atom stereocenters. The number of urea groups is 1. The average Bonchev–Trinajstić information content (AvgIpc) is 3.39. The predicted molar refractivity (Wildman–Crippen MR) is 143 cm³/mol. The zero-order chi connectivity index (χ0) is 27.0. The van der Waals surface area contributed by atoms with Crippen molar-refractivity contribution in [1.82, 2.24) is 19.8 Å². The number of hydrogen-bond acceptors (Lipinski definition) is 6. The van der Waals surface area contributed by atoms with E-state index in [-0.39, 0.29) is 10.6 Å². The molecule has 2 aliphatic rings. The first kappa shape index (κ1) is 24.9. The zero-order valence-corrected chi connectivity index (χ0v) is 21.6. The maximum Gasteiger partial charge on any atom is 0.329 e. The molecule has 9 nitrogen and oxygen atoms in total. The van der Waals surface area contributed by atoms with E-state index in [0.717, 1.165) is 34.9 Å². The van der Waals surface area contributed by atoms with Crippen molar-refractivity contribution < 1.29 is 27.1 Å². The Labute approximate surface area is 224 Å². The number of rotatable bonds is 5. The monoisotopic (exact) mass is 548 g/mol. The average molecular weight is 549 g/mol. The first-order chi connectivity index (χ1) is 18.9. The number of ether oxygens (including phenoxy) is 2. The van der Waals surface area contributed by atoms with Gasteiger partial charge >= 0.3 is 6.03 Å². The van der Waals surface area contributed by atoms with E-state index in [0.29, 0.717) is 36.7 Å². The Morgan fingerprint density at radius 1 is 0.974 bits per heavy atom. The molecule has 0 unspecified atom stereocenters. The lowest BCUT2D eigenvalue weighted by Gasteiger charge is -2.20. The van der Waals surface area contributed by atoms with E-state index in [1.54, 1.807) is 10.9 Å². The summed E-state index contributed by atoms with van der Waals surface area (Å²) in [5.41, 5.74) is 2.83. The second-order valence-electron chi connectivity index (χ2n) is 9.29. The zero-order valence-electron chi connectivity index (χ0n) is 20.8. The molecular formula is C28H25FN4O5S. The van der Waals surface area contributed by atoms with E-state index in [9.17, 15) is 13.2 Å². The molecule has 11 heteroatoms. The molecule has 0 spiro atoms. The molecule has 200 valence electrons. The van der Waals surface area contributed by atoms with Gasteiger partial charge in [0.1, 0.15) is 19.0 Å². The Kier molecular flexibility index (Phi) is 6.43. The van der Waals surface area contributed by atoms with E-state index in [1.165, 1.54) is 18.2 Å².